The van der Waals surface area contributed by atoms with Crippen LogP contribution < -0.4 is 5.32 Å². The number of piperidine rings is 1. The Morgan fingerprint density at radius 3 is 2.47 bits per heavy atom. The zero-order valence-electron chi connectivity index (χ0n) is 21.1. The van der Waals surface area contributed by atoms with Crippen LogP contribution in [0.15, 0.2) is 46.3 Å². The summed E-state index contributed by atoms with van der Waals surface area (Å²) >= 11 is 5.23. The number of amides is 2. The second-order valence-corrected chi connectivity index (χ2v) is 12.8. The minimum atomic E-state index is -0.172. The van der Waals surface area contributed by atoms with Crippen molar-refractivity contribution in [2.75, 3.05) is 26.2 Å². The van der Waals surface area contributed by atoms with Gasteiger partial charge in [0.15, 0.2) is 0 Å². The molecule has 2 aromatic rings. The van der Waals surface area contributed by atoms with E-state index in [2.05, 4.69) is 60.7 Å². The van der Waals surface area contributed by atoms with Crippen molar-refractivity contribution in [2.24, 2.45) is 11.3 Å². The minimum absolute atomic E-state index is 0.0878. The fraction of sp³-hybridized carbons (Fsp3) is 0.586. The number of benzene rings is 1. The van der Waals surface area contributed by atoms with Crippen LogP contribution in [-0.4, -0.2) is 47.8 Å². The molecule has 5 rings (SSSR count). The van der Waals surface area contributed by atoms with Crippen molar-refractivity contribution in [2.45, 2.75) is 70.4 Å². The summed E-state index contributed by atoms with van der Waals surface area (Å²) in [5, 5.41) is 5.50. The highest BCUT2D eigenvalue weighted by Crippen LogP contribution is 2.42. The van der Waals surface area contributed by atoms with Gasteiger partial charge in [-0.15, -0.1) is 11.3 Å². The van der Waals surface area contributed by atoms with Crippen LogP contribution in [0.3, 0.4) is 0 Å². The molecule has 1 atom stereocenters. The summed E-state index contributed by atoms with van der Waals surface area (Å²) < 4.78 is 1.07. The molecule has 36 heavy (non-hydrogen) atoms. The topological polar surface area (TPSA) is 52.7 Å². The number of likely N-dealkylation sites (tertiary alicyclic amines) is 2. The van der Waals surface area contributed by atoms with Crippen LogP contribution in [0.1, 0.15) is 74.3 Å². The lowest BCUT2D eigenvalue weighted by Crippen LogP contribution is -2.45. The number of nitrogens with zero attached hydrogens (tertiary/aromatic N) is 2. The van der Waals surface area contributed by atoms with Gasteiger partial charge in [0.05, 0.1) is 11.5 Å². The van der Waals surface area contributed by atoms with Gasteiger partial charge in [-0.25, -0.2) is 0 Å². The predicted octanol–water partition coefficient (Wildman–Crippen LogP) is 6.15. The molecule has 1 aromatic carbocycles. The third kappa shape index (κ3) is 6.05. The maximum Gasteiger partial charge on any atom is 0.229 e. The lowest BCUT2D eigenvalue weighted by Gasteiger charge is -2.38. The van der Waals surface area contributed by atoms with E-state index in [0.717, 1.165) is 69.2 Å². The van der Waals surface area contributed by atoms with Gasteiger partial charge >= 0.3 is 0 Å². The Balaban J connectivity index is 1.13. The number of halogens is 1. The molecule has 5 nitrogen and oxygen atoms in total. The Hall–Kier alpha value is -1.70. The van der Waals surface area contributed by atoms with Crippen molar-refractivity contribution >= 4 is 39.1 Å². The van der Waals surface area contributed by atoms with Crippen molar-refractivity contribution in [3.05, 3.63) is 56.7 Å². The predicted molar refractivity (Wildman–Crippen MR) is 149 cm³/mol. The second kappa shape index (κ2) is 11.8. The Bertz CT molecular complexity index is 1010. The molecule has 2 amide bonds. The Labute approximate surface area is 227 Å². The van der Waals surface area contributed by atoms with E-state index in [9.17, 15) is 9.59 Å². The normalized spacial score (nSPS) is 21.7. The Morgan fingerprint density at radius 1 is 1.06 bits per heavy atom. The molecule has 2 aliphatic heterocycles. The lowest BCUT2D eigenvalue weighted by molar-refractivity contribution is -0.139. The van der Waals surface area contributed by atoms with Crippen molar-refractivity contribution in [1.29, 1.82) is 0 Å². The largest absolute Gasteiger partial charge is 0.348 e. The summed E-state index contributed by atoms with van der Waals surface area (Å²) in [7, 11) is 0. The van der Waals surface area contributed by atoms with Crippen LogP contribution in [0.25, 0.3) is 0 Å². The average molecular weight is 573 g/mol. The molecule has 1 aliphatic carbocycles. The highest BCUT2D eigenvalue weighted by molar-refractivity contribution is 9.10. The molecule has 7 heteroatoms. The van der Waals surface area contributed by atoms with E-state index in [1.807, 2.05) is 12.1 Å². The number of carbonyl (C=O) groups is 2. The summed E-state index contributed by atoms with van der Waals surface area (Å²) in [6, 6.07) is 12.6. The quantitative estimate of drug-likeness (QED) is 0.413. The van der Waals surface area contributed by atoms with Crippen LogP contribution in [-0.2, 0) is 16.1 Å². The lowest BCUT2D eigenvalue weighted by atomic mass is 9.77. The Kier molecular flexibility index (Phi) is 8.49. The number of hydrogen-bond acceptors (Lipinski definition) is 4. The van der Waals surface area contributed by atoms with Crippen molar-refractivity contribution < 1.29 is 9.59 Å². The van der Waals surface area contributed by atoms with Gasteiger partial charge in [-0.2, -0.15) is 0 Å². The van der Waals surface area contributed by atoms with Gasteiger partial charge in [0.1, 0.15) is 0 Å². The van der Waals surface area contributed by atoms with E-state index in [1.54, 1.807) is 11.3 Å². The third-order valence-corrected chi connectivity index (χ3v) is 10.1. The molecule has 1 saturated carbocycles. The number of nitrogens with one attached hydrogen (secondary N) is 1. The molecule has 3 aliphatic rings. The monoisotopic (exact) mass is 571 g/mol. The summed E-state index contributed by atoms with van der Waals surface area (Å²) in [5.74, 6) is 0.777. The van der Waals surface area contributed by atoms with Crippen LogP contribution in [0.5, 0.6) is 0 Å². The maximum absolute atomic E-state index is 13.4. The van der Waals surface area contributed by atoms with Gasteiger partial charge in [0, 0.05) is 34.9 Å². The zero-order valence-corrected chi connectivity index (χ0v) is 23.5. The zero-order chi connectivity index (χ0) is 25.0. The first-order valence-electron chi connectivity index (χ1n) is 13.6. The smallest absolute Gasteiger partial charge is 0.229 e. The molecule has 1 spiro atoms. The van der Waals surface area contributed by atoms with Crippen LogP contribution in [0.4, 0.5) is 0 Å². The molecule has 1 aromatic heterocycles. The second-order valence-electron chi connectivity index (χ2n) is 10.9. The van der Waals surface area contributed by atoms with E-state index in [0.29, 0.717) is 12.5 Å². The maximum atomic E-state index is 13.4. The van der Waals surface area contributed by atoms with E-state index in [4.69, 9.17) is 0 Å². The summed E-state index contributed by atoms with van der Waals surface area (Å²) in [5.41, 5.74) is 1.02. The molecule has 2 saturated heterocycles. The first-order chi connectivity index (χ1) is 17.5. The molecule has 3 heterocycles. The summed E-state index contributed by atoms with van der Waals surface area (Å²) in [6.07, 6.45) is 9.48. The fourth-order valence-electron chi connectivity index (χ4n) is 6.26. The minimum Gasteiger partial charge on any atom is -0.348 e. The van der Waals surface area contributed by atoms with Gasteiger partial charge in [0.25, 0.3) is 0 Å². The van der Waals surface area contributed by atoms with Crippen molar-refractivity contribution in [3.8, 4) is 0 Å². The molecule has 1 N–H and O–H groups in total. The molecular weight excluding hydrogens is 534 g/mol. The van der Waals surface area contributed by atoms with E-state index in [-0.39, 0.29) is 23.3 Å². The number of rotatable bonds is 8. The number of carbonyl (C=O) groups excluding carboxylic acids is 2. The summed E-state index contributed by atoms with van der Waals surface area (Å²) in [6.45, 7) is 4.46. The standard InChI is InChI=1S/C29H38BrN3O2S/c30-24-10-8-22(9-11-24)21-33-19-15-29(28(33)35)13-17-32(18-14-29)16-12-25(26-7-4-20-36-26)31-27(34)23-5-2-1-3-6-23/h4,7-11,20,23,25H,1-3,5-6,12-19,21H2,(H,31,34). The molecule has 0 radical (unpaired) electrons. The first kappa shape index (κ1) is 25.9. The van der Waals surface area contributed by atoms with Gasteiger partial charge < -0.3 is 15.1 Å². The third-order valence-electron chi connectivity index (χ3n) is 8.61. The van der Waals surface area contributed by atoms with E-state index >= 15 is 0 Å². The van der Waals surface area contributed by atoms with Gasteiger partial charge in [-0.3, -0.25) is 9.59 Å². The Morgan fingerprint density at radius 2 is 1.78 bits per heavy atom. The number of hydrogen-bond donors (Lipinski definition) is 1. The van der Waals surface area contributed by atoms with Crippen LogP contribution in [0, 0.1) is 11.3 Å². The van der Waals surface area contributed by atoms with Gasteiger partial charge in [-0.1, -0.05) is 53.4 Å². The fourth-order valence-corrected chi connectivity index (χ4v) is 7.34. The van der Waals surface area contributed by atoms with Crippen molar-refractivity contribution in [3.63, 3.8) is 0 Å². The highest BCUT2D eigenvalue weighted by atomic mass is 79.9. The molecule has 194 valence electrons. The molecule has 0 bridgehead atoms. The van der Waals surface area contributed by atoms with Crippen molar-refractivity contribution in [1.82, 2.24) is 15.1 Å². The number of thiophene rings is 1. The van der Waals surface area contributed by atoms with E-state index < -0.39 is 0 Å². The van der Waals surface area contributed by atoms with Gasteiger partial charge in [0.2, 0.25) is 11.8 Å². The van der Waals surface area contributed by atoms with Gasteiger partial charge in [-0.05, 0) is 80.8 Å². The average Bonchev–Trinajstić information content (AvgIpc) is 3.55. The highest BCUT2D eigenvalue weighted by Gasteiger charge is 2.47. The first-order valence-corrected chi connectivity index (χ1v) is 15.3. The SMILES string of the molecule is O=C(NC(CCN1CCC2(CC1)CCN(Cc1ccc(Br)cc1)C2=O)c1cccs1)C1CCCCC1. The molecule has 1 unspecified atom stereocenters. The summed E-state index contributed by atoms with van der Waals surface area (Å²) in [4.78, 5) is 32.2. The van der Waals surface area contributed by atoms with Crippen LogP contribution >= 0.6 is 27.3 Å². The van der Waals surface area contributed by atoms with Crippen LogP contribution in [0.2, 0.25) is 0 Å². The molecular formula is C29H38BrN3O2S. The van der Waals surface area contributed by atoms with E-state index in [1.165, 1.54) is 29.7 Å². The molecule has 3 fully saturated rings.